The van der Waals surface area contributed by atoms with Crippen molar-refractivity contribution in [3.05, 3.63) is 24.0 Å². The summed E-state index contributed by atoms with van der Waals surface area (Å²) in [5.41, 5.74) is 1.29. The molecular formula is C13H21Cl2N3O2. The first kappa shape index (κ1) is 19.0. The number of hydrogen-bond acceptors (Lipinski definition) is 5. The van der Waals surface area contributed by atoms with Crippen LogP contribution in [0.25, 0.3) is 0 Å². The Morgan fingerprint density at radius 3 is 2.75 bits per heavy atom. The fourth-order valence-electron chi connectivity index (χ4n) is 2.22. The van der Waals surface area contributed by atoms with Gasteiger partial charge >= 0.3 is 5.97 Å². The minimum atomic E-state index is -0.598. The van der Waals surface area contributed by atoms with Crippen LogP contribution in [0.4, 0.5) is 5.69 Å². The van der Waals surface area contributed by atoms with Crippen LogP contribution in [0, 0.1) is 6.92 Å². The van der Waals surface area contributed by atoms with Crippen LogP contribution in [0.1, 0.15) is 18.5 Å². The van der Waals surface area contributed by atoms with Crippen molar-refractivity contribution in [3.63, 3.8) is 0 Å². The first-order chi connectivity index (χ1) is 8.66. The fourth-order valence-corrected chi connectivity index (χ4v) is 2.22. The predicted molar refractivity (Wildman–Crippen MR) is 83.9 cm³/mol. The number of carbonyl (C=O) groups excluding carboxylic acids is 1. The zero-order chi connectivity index (χ0) is 13.0. The molecule has 1 aliphatic rings. The van der Waals surface area contributed by atoms with Crippen molar-refractivity contribution in [2.24, 2.45) is 0 Å². The van der Waals surface area contributed by atoms with Gasteiger partial charge in [0.05, 0.1) is 19.0 Å². The average molecular weight is 322 g/mol. The SMILES string of the molecule is COC(=O)[C@@]1(CNc2ccc(C)nc2)CCCN1.Cl.Cl. The highest BCUT2D eigenvalue weighted by Crippen LogP contribution is 2.21. The van der Waals surface area contributed by atoms with E-state index in [0.29, 0.717) is 6.54 Å². The number of halogens is 2. The maximum atomic E-state index is 11.9. The summed E-state index contributed by atoms with van der Waals surface area (Å²) in [4.78, 5) is 16.1. The molecule has 0 aliphatic carbocycles. The Morgan fingerprint density at radius 1 is 1.50 bits per heavy atom. The summed E-state index contributed by atoms with van der Waals surface area (Å²) >= 11 is 0. The van der Waals surface area contributed by atoms with E-state index in [1.165, 1.54) is 7.11 Å². The van der Waals surface area contributed by atoms with Crippen LogP contribution in [0.5, 0.6) is 0 Å². The number of anilines is 1. The third-order valence-electron chi connectivity index (χ3n) is 3.33. The van der Waals surface area contributed by atoms with E-state index >= 15 is 0 Å². The van der Waals surface area contributed by atoms with E-state index < -0.39 is 5.54 Å². The van der Waals surface area contributed by atoms with E-state index in [4.69, 9.17) is 4.74 Å². The van der Waals surface area contributed by atoms with Gasteiger partial charge in [-0.15, -0.1) is 24.8 Å². The molecule has 1 aromatic heterocycles. The number of aromatic nitrogens is 1. The maximum Gasteiger partial charge on any atom is 0.327 e. The van der Waals surface area contributed by atoms with Crippen LogP contribution < -0.4 is 10.6 Å². The summed E-state index contributed by atoms with van der Waals surface area (Å²) < 4.78 is 4.89. The van der Waals surface area contributed by atoms with E-state index in [1.807, 2.05) is 19.1 Å². The third-order valence-corrected chi connectivity index (χ3v) is 3.33. The van der Waals surface area contributed by atoms with Crippen molar-refractivity contribution in [2.75, 3.05) is 25.5 Å². The van der Waals surface area contributed by atoms with Gasteiger partial charge in [-0.2, -0.15) is 0 Å². The number of esters is 1. The molecule has 0 unspecified atom stereocenters. The van der Waals surface area contributed by atoms with Gasteiger partial charge in [0.1, 0.15) is 5.54 Å². The summed E-state index contributed by atoms with van der Waals surface area (Å²) in [6.07, 6.45) is 3.56. The van der Waals surface area contributed by atoms with Crippen LogP contribution in [0.3, 0.4) is 0 Å². The number of nitrogens with one attached hydrogen (secondary N) is 2. The minimum absolute atomic E-state index is 0. The first-order valence-corrected chi connectivity index (χ1v) is 6.16. The van der Waals surface area contributed by atoms with Gasteiger partial charge in [-0.1, -0.05) is 0 Å². The quantitative estimate of drug-likeness (QED) is 0.830. The molecule has 7 heteroatoms. The van der Waals surface area contributed by atoms with Gasteiger partial charge in [-0.25, -0.2) is 4.79 Å². The number of aryl methyl sites for hydroxylation is 1. The van der Waals surface area contributed by atoms with Gasteiger partial charge in [0.15, 0.2) is 0 Å². The topological polar surface area (TPSA) is 63.2 Å². The van der Waals surface area contributed by atoms with E-state index in [9.17, 15) is 4.79 Å². The Balaban J connectivity index is 0.00000180. The summed E-state index contributed by atoms with van der Waals surface area (Å²) in [6, 6.07) is 3.90. The molecule has 1 atom stereocenters. The molecule has 0 amide bonds. The van der Waals surface area contributed by atoms with Crippen LogP contribution in [0.2, 0.25) is 0 Å². The van der Waals surface area contributed by atoms with Crippen molar-refractivity contribution in [1.82, 2.24) is 10.3 Å². The average Bonchev–Trinajstić information content (AvgIpc) is 2.87. The number of methoxy groups -OCH3 is 1. The molecule has 2 rings (SSSR count). The third kappa shape index (κ3) is 4.23. The van der Waals surface area contributed by atoms with Gasteiger partial charge < -0.3 is 15.4 Å². The molecule has 0 radical (unpaired) electrons. The maximum absolute atomic E-state index is 11.9. The lowest BCUT2D eigenvalue weighted by Gasteiger charge is -2.27. The molecule has 0 aromatic carbocycles. The second-order valence-corrected chi connectivity index (χ2v) is 4.65. The second-order valence-electron chi connectivity index (χ2n) is 4.65. The lowest BCUT2D eigenvalue weighted by Crippen LogP contribution is -2.53. The Labute approximate surface area is 131 Å². The van der Waals surface area contributed by atoms with Gasteiger partial charge in [0.2, 0.25) is 0 Å². The highest BCUT2D eigenvalue weighted by Gasteiger charge is 2.41. The standard InChI is InChI=1S/C13H19N3O2.2ClH/c1-10-4-5-11(8-14-10)15-9-13(12(17)18-2)6-3-7-16-13;;/h4-5,8,15-16H,3,6-7,9H2,1-2H3;2*1H/t13-;;/m0../s1. The second kappa shape index (κ2) is 8.29. The van der Waals surface area contributed by atoms with Gasteiger partial charge in [-0.3, -0.25) is 4.98 Å². The Morgan fingerprint density at radius 2 is 2.25 bits per heavy atom. The monoisotopic (exact) mass is 321 g/mol. The van der Waals surface area contributed by atoms with Crippen LogP contribution in [0.15, 0.2) is 18.3 Å². The van der Waals surface area contributed by atoms with E-state index in [1.54, 1.807) is 6.20 Å². The van der Waals surface area contributed by atoms with Crippen molar-refractivity contribution >= 4 is 36.5 Å². The summed E-state index contributed by atoms with van der Waals surface area (Å²) in [5.74, 6) is -0.201. The van der Waals surface area contributed by atoms with Crippen LogP contribution >= 0.6 is 24.8 Å². The largest absolute Gasteiger partial charge is 0.468 e. The number of carbonyl (C=O) groups is 1. The number of rotatable bonds is 4. The highest BCUT2D eigenvalue weighted by atomic mass is 35.5. The van der Waals surface area contributed by atoms with E-state index in [0.717, 1.165) is 30.8 Å². The Kier molecular flexibility index (Phi) is 7.86. The molecule has 1 fully saturated rings. The predicted octanol–water partition coefficient (Wildman–Crippen LogP) is 1.94. The Hall–Kier alpha value is -1.04. The van der Waals surface area contributed by atoms with Crippen molar-refractivity contribution in [2.45, 2.75) is 25.3 Å². The number of ether oxygens (including phenoxy) is 1. The fraction of sp³-hybridized carbons (Fsp3) is 0.538. The van der Waals surface area contributed by atoms with Gasteiger partial charge in [0.25, 0.3) is 0 Å². The number of pyridine rings is 1. The molecule has 1 aliphatic heterocycles. The number of nitrogens with zero attached hydrogens (tertiary/aromatic N) is 1. The molecular weight excluding hydrogens is 301 g/mol. The van der Waals surface area contributed by atoms with Gasteiger partial charge in [-0.05, 0) is 38.4 Å². The summed E-state index contributed by atoms with van der Waals surface area (Å²) in [6.45, 7) is 3.31. The van der Waals surface area contributed by atoms with Crippen molar-refractivity contribution in [1.29, 1.82) is 0 Å². The smallest absolute Gasteiger partial charge is 0.327 e. The minimum Gasteiger partial charge on any atom is -0.468 e. The summed E-state index contributed by atoms with van der Waals surface area (Å²) in [5, 5.41) is 6.49. The summed E-state index contributed by atoms with van der Waals surface area (Å²) in [7, 11) is 1.43. The molecule has 114 valence electrons. The molecule has 2 N–H and O–H groups in total. The molecule has 0 saturated carbocycles. The van der Waals surface area contributed by atoms with E-state index in [-0.39, 0.29) is 30.8 Å². The van der Waals surface area contributed by atoms with Crippen LogP contribution in [-0.4, -0.2) is 36.7 Å². The van der Waals surface area contributed by atoms with Crippen molar-refractivity contribution in [3.8, 4) is 0 Å². The zero-order valence-electron chi connectivity index (χ0n) is 11.6. The lowest BCUT2D eigenvalue weighted by molar-refractivity contribution is -0.147. The molecule has 20 heavy (non-hydrogen) atoms. The molecule has 5 nitrogen and oxygen atoms in total. The molecule has 0 bridgehead atoms. The van der Waals surface area contributed by atoms with Crippen molar-refractivity contribution < 1.29 is 9.53 Å². The Bertz CT molecular complexity index is 420. The molecule has 0 spiro atoms. The molecule has 1 aromatic rings. The lowest BCUT2D eigenvalue weighted by atomic mass is 9.97. The van der Waals surface area contributed by atoms with Gasteiger partial charge in [0, 0.05) is 12.2 Å². The number of hydrogen-bond donors (Lipinski definition) is 2. The normalized spacial score (nSPS) is 20.5. The van der Waals surface area contributed by atoms with E-state index in [2.05, 4.69) is 15.6 Å². The van der Waals surface area contributed by atoms with Crippen LogP contribution in [-0.2, 0) is 9.53 Å². The molecule has 1 saturated heterocycles. The first-order valence-electron chi connectivity index (χ1n) is 6.16. The molecule has 2 heterocycles. The zero-order valence-corrected chi connectivity index (χ0v) is 13.3. The highest BCUT2D eigenvalue weighted by molar-refractivity contribution is 5.85.